The van der Waals surface area contributed by atoms with Crippen LogP contribution in [0.15, 0.2) is 60.3 Å². The van der Waals surface area contributed by atoms with Crippen molar-refractivity contribution >= 4 is 5.78 Å². The van der Waals surface area contributed by atoms with Gasteiger partial charge in [0.25, 0.3) is 0 Å². The Labute approximate surface area is 166 Å². The lowest BCUT2D eigenvalue weighted by Gasteiger charge is -2.35. The van der Waals surface area contributed by atoms with Gasteiger partial charge in [0, 0.05) is 19.7 Å². The van der Waals surface area contributed by atoms with Crippen LogP contribution in [0.5, 0.6) is 5.75 Å². The van der Waals surface area contributed by atoms with Gasteiger partial charge in [-0.05, 0) is 50.4 Å². The highest BCUT2D eigenvalue weighted by Crippen LogP contribution is 2.41. The Balaban J connectivity index is 1.82. The molecule has 1 heterocycles. The molecule has 2 aliphatic rings. The van der Waals surface area contributed by atoms with Gasteiger partial charge in [0.1, 0.15) is 28.8 Å². The van der Waals surface area contributed by atoms with Gasteiger partial charge in [-0.1, -0.05) is 12.1 Å². The number of fused-ring (bicyclic) bond motifs is 1. The smallest absolute Gasteiger partial charge is 0.176 e. The van der Waals surface area contributed by atoms with Crippen LogP contribution in [0.25, 0.3) is 0 Å². The number of ether oxygens (including phenoxy) is 4. The molecular formula is C22H27NO5. The fourth-order valence-electron chi connectivity index (χ4n) is 3.39. The molecule has 6 heteroatoms. The molecule has 2 unspecified atom stereocenters. The van der Waals surface area contributed by atoms with Gasteiger partial charge >= 0.3 is 0 Å². The van der Waals surface area contributed by atoms with E-state index in [0.717, 1.165) is 24.3 Å². The third-order valence-electron chi connectivity index (χ3n) is 4.90. The summed E-state index contributed by atoms with van der Waals surface area (Å²) in [5.41, 5.74) is 0.00766. The van der Waals surface area contributed by atoms with E-state index in [9.17, 15) is 4.79 Å². The summed E-state index contributed by atoms with van der Waals surface area (Å²) in [4.78, 5) is 14.4. The topological polar surface area (TPSA) is 57.2 Å². The molecule has 0 radical (unpaired) electrons. The number of ketones is 1. The molecule has 0 saturated carbocycles. The molecule has 2 atom stereocenters. The third kappa shape index (κ3) is 4.13. The summed E-state index contributed by atoms with van der Waals surface area (Å²) in [6.07, 6.45) is 7.43. The first-order valence-corrected chi connectivity index (χ1v) is 9.29. The van der Waals surface area contributed by atoms with E-state index >= 15 is 0 Å². The molecule has 3 rings (SSSR count). The van der Waals surface area contributed by atoms with E-state index in [1.54, 1.807) is 14.2 Å². The van der Waals surface area contributed by atoms with Gasteiger partial charge in [-0.3, -0.25) is 4.79 Å². The minimum atomic E-state index is -0.883. The van der Waals surface area contributed by atoms with E-state index in [1.807, 2.05) is 50.5 Å². The Bertz CT molecular complexity index is 794. The standard InChI is InChI=1S/C22H27NO5/c1-23(2)11-5-12-27-17-8-6-16(7-9-17)22(26-4)14-19(25-3)21-18(24)10-13-28-20(21)15-22/h6-10,13-15,21H,5,11-12H2,1-4H3. The number of hydrogen-bond acceptors (Lipinski definition) is 6. The number of rotatable bonds is 8. The Morgan fingerprint density at radius 2 is 1.89 bits per heavy atom. The number of allylic oxidation sites excluding steroid dienone is 1. The maximum Gasteiger partial charge on any atom is 0.176 e. The monoisotopic (exact) mass is 385 g/mol. The second-order valence-corrected chi connectivity index (χ2v) is 7.08. The summed E-state index contributed by atoms with van der Waals surface area (Å²) in [6.45, 7) is 1.64. The molecule has 0 amide bonds. The van der Waals surface area contributed by atoms with Gasteiger partial charge in [-0.15, -0.1) is 0 Å². The van der Waals surface area contributed by atoms with Crippen LogP contribution in [0.3, 0.4) is 0 Å². The summed E-state index contributed by atoms with van der Waals surface area (Å²) in [7, 11) is 7.26. The van der Waals surface area contributed by atoms with Crippen LogP contribution >= 0.6 is 0 Å². The van der Waals surface area contributed by atoms with Crippen LogP contribution in [0.1, 0.15) is 12.0 Å². The quantitative estimate of drug-likeness (QED) is 0.641. The molecule has 1 aromatic rings. The number of carbonyl (C=O) groups excluding carboxylic acids is 1. The highest BCUT2D eigenvalue weighted by atomic mass is 16.5. The highest BCUT2D eigenvalue weighted by Gasteiger charge is 2.41. The third-order valence-corrected chi connectivity index (χ3v) is 4.90. The van der Waals surface area contributed by atoms with Crippen LogP contribution in [0, 0.1) is 5.92 Å². The van der Waals surface area contributed by atoms with E-state index in [2.05, 4.69) is 4.90 Å². The number of benzene rings is 1. The molecule has 0 aromatic heterocycles. The van der Waals surface area contributed by atoms with E-state index in [4.69, 9.17) is 18.9 Å². The Morgan fingerprint density at radius 1 is 1.14 bits per heavy atom. The van der Waals surface area contributed by atoms with Crippen LogP contribution < -0.4 is 4.74 Å². The molecule has 1 aliphatic heterocycles. The van der Waals surface area contributed by atoms with Crippen molar-refractivity contribution in [3.8, 4) is 5.75 Å². The van der Waals surface area contributed by atoms with Gasteiger partial charge in [0.15, 0.2) is 5.78 Å². The van der Waals surface area contributed by atoms with E-state index in [1.165, 1.54) is 12.3 Å². The highest BCUT2D eigenvalue weighted by molar-refractivity contribution is 5.96. The number of carbonyl (C=O) groups is 1. The average molecular weight is 385 g/mol. The summed E-state index contributed by atoms with van der Waals surface area (Å²) in [5, 5.41) is 0. The predicted molar refractivity (Wildman–Crippen MR) is 106 cm³/mol. The van der Waals surface area contributed by atoms with E-state index in [0.29, 0.717) is 18.1 Å². The van der Waals surface area contributed by atoms with Gasteiger partial charge in [0.2, 0.25) is 0 Å². The lowest BCUT2D eigenvalue weighted by molar-refractivity contribution is -0.119. The normalized spacial score (nSPS) is 23.6. The molecule has 0 spiro atoms. The average Bonchev–Trinajstić information content (AvgIpc) is 2.70. The Hall–Kier alpha value is -2.57. The van der Waals surface area contributed by atoms with Crippen LogP contribution in [0.2, 0.25) is 0 Å². The molecule has 0 bridgehead atoms. The van der Waals surface area contributed by atoms with Crippen molar-refractivity contribution in [2.45, 2.75) is 12.0 Å². The zero-order valence-corrected chi connectivity index (χ0v) is 16.8. The molecule has 6 nitrogen and oxygen atoms in total. The summed E-state index contributed by atoms with van der Waals surface area (Å²) < 4.78 is 22.8. The molecule has 1 aliphatic carbocycles. The van der Waals surface area contributed by atoms with Crippen molar-refractivity contribution in [1.82, 2.24) is 4.90 Å². The lowest BCUT2D eigenvalue weighted by atomic mass is 9.82. The summed E-state index contributed by atoms with van der Waals surface area (Å²) in [6, 6.07) is 7.74. The number of methoxy groups -OCH3 is 2. The van der Waals surface area contributed by atoms with Crippen molar-refractivity contribution in [3.05, 3.63) is 65.8 Å². The molecule has 0 fully saturated rings. The zero-order valence-electron chi connectivity index (χ0n) is 16.8. The molecular weight excluding hydrogens is 358 g/mol. The van der Waals surface area contributed by atoms with E-state index in [-0.39, 0.29) is 5.78 Å². The number of nitrogens with zero attached hydrogens (tertiary/aromatic N) is 1. The lowest BCUT2D eigenvalue weighted by Crippen LogP contribution is -2.34. The second kappa shape index (κ2) is 8.63. The van der Waals surface area contributed by atoms with Crippen molar-refractivity contribution in [1.29, 1.82) is 0 Å². The Kier molecular flexibility index (Phi) is 6.21. The molecule has 0 N–H and O–H groups in total. The van der Waals surface area contributed by atoms with E-state index < -0.39 is 11.5 Å². The van der Waals surface area contributed by atoms with Crippen LogP contribution in [0.4, 0.5) is 0 Å². The zero-order chi connectivity index (χ0) is 20.1. The van der Waals surface area contributed by atoms with Crippen LogP contribution in [-0.2, 0) is 24.6 Å². The minimum absolute atomic E-state index is 0.0724. The maximum atomic E-state index is 12.3. The van der Waals surface area contributed by atoms with Gasteiger partial charge < -0.3 is 23.8 Å². The largest absolute Gasteiger partial charge is 0.500 e. The first-order chi connectivity index (χ1) is 13.5. The maximum absolute atomic E-state index is 12.3. The molecule has 28 heavy (non-hydrogen) atoms. The van der Waals surface area contributed by atoms with Gasteiger partial charge in [-0.2, -0.15) is 0 Å². The van der Waals surface area contributed by atoms with Crippen molar-refractivity contribution in [2.75, 3.05) is 41.5 Å². The van der Waals surface area contributed by atoms with Gasteiger partial charge in [-0.25, -0.2) is 0 Å². The number of hydrogen-bond donors (Lipinski definition) is 0. The summed E-state index contributed by atoms with van der Waals surface area (Å²) in [5.74, 6) is 1.20. The van der Waals surface area contributed by atoms with Crippen molar-refractivity contribution < 1.29 is 23.7 Å². The minimum Gasteiger partial charge on any atom is -0.500 e. The fourth-order valence-corrected chi connectivity index (χ4v) is 3.39. The first-order valence-electron chi connectivity index (χ1n) is 9.29. The first kappa shape index (κ1) is 20.2. The molecule has 150 valence electrons. The SMILES string of the molecule is COC1=CC(OC)(c2ccc(OCCCN(C)C)cc2)C=C2OC=CC(=O)C12. The van der Waals surface area contributed by atoms with Crippen molar-refractivity contribution in [3.63, 3.8) is 0 Å². The fraction of sp³-hybridized carbons (Fsp3) is 0.409. The van der Waals surface area contributed by atoms with Gasteiger partial charge in [0.05, 0.1) is 20.0 Å². The molecule has 0 saturated heterocycles. The Morgan fingerprint density at radius 3 is 2.54 bits per heavy atom. The molecule has 1 aromatic carbocycles. The second-order valence-electron chi connectivity index (χ2n) is 7.08. The predicted octanol–water partition coefficient (Wildman–Crippen LogP) is 3.02. The summed E-state index contributed by atoms with van der Waals surface area (Å²) >= 11 is 0. The van der Waals surface area contributed by atoms with Crippen LogP contribution in [-0.4, -0.2) is 52.1 Å². The van der Waals surface area contributed by atoms with Crippen molar-refractivity contribution in [2.24, 2.45) is 5.92 Å².